The van der Waals surface area contributed by atoms with Gasteiger partial charge >= 0.3 is 5.97 Å². The molecule has 0 aliphatic carbocycles. The quantitative estimate of drug-likeness (QED) is 0.763. The maximum absolute atomic E-state index is 11.0. The van der Waals surface area contributed by atoms with Crippen LogP contribution in [0.3, 0.4) is 0 Å². The number of ether oxygens (including phenoxy) is 2. The fourth-order valence-corrected chi connectivity index (χ4v) is 2.40. The Morgan fingerprint density at radius 3 is 2.38 bits per heavy atom. The predicted molar refractivity (Wildman–Crippen MR) is 94.2 cm³/mol. The van der Waals surface area contributed by atoms with Crippen LogP contribution in [0.2, 0.25) is 0 Å². The summed E-state index contributed by atoms with van der Waals surface area (Å²) in [6.07, 6.45) is 0. The van der Waals surface area contributed by atoms with E-state index in [1.54, 1.807) is 18.2 Å². The number of rotatable bonds is 8. The third-order valence-electron chi connectivity index (χ3n) is 3.56. The Labute approximate surface area is 142 Å². The van der Waals surface area contributed by atoms with Crippen LogP contribution in [-0.4, -0.2) is 24.3 Å². The van der Waals surface area contributed by atoms with Crippen LogP contribution in [0.15, 0.2) is 36.4 Å². The van der Waals surface area contributed by atoms with E-state index in [1.807, 2.05) is 39.0 Å². The molecule has 128 valence electrons. The van der Waals surface area contributed by atoms with Gasteiger partial charge < -0.3 is 19.9 Å². The van der Waals surface area contributed by atoms with Gasteiger partial charge in [0.25, 0.3) is 0 Å². The first-order chi connectivity index (χ1) is 11.5. The van der Waals surface area contributed by atoms with Crippen LogP contribution in [0.4, 0.5) is 5.69 Å². The predicted octanol–water partition coefficient (Wildman–Crippen LogP) is 4.10. The number of nitrogens with one attached hydrogen (secondary N) is 1. The van der Waals surface area contributed by atoms with Gasteiger partial charge in [-0.1, -0.05) is 6.07 Å². The smallest absolute Gasteiger partial charge is 0.335 e. The molecule has 0 aromatic heterocycles. The van der Waals surface area contributed by atoms with Crippen molar-refractivity contribution in [1.29, 1.82) is 0 Å². The lowest BCUT2D eigenvalue weighted by Gasteiger charge is -2.14. The summed E-state index contributed by atoms with van der Waals surface area (Å²) in [4.78, 5) is 11.0. The Hall–Kier alpha value is -2.69. The van der Waals surface area contributed by atoms with Gasteiger partial charge in [-0.05, 0) is 62.2 Å². The standard InChI is InChI=1S/C19H23NO4/c1-4-23-17-9-6-14(11-18(17)24-5-2)12-20-16-8-7-15(19(21)22)10-13(16)3/h6-11,20H,4-5,12H2,1-3H3,(H,21,22). The second kappa shape index (κ2) is 8.24. The number of carbonyl (C=O) groups is 1. The van der Waals surface area contributed by atoms with Crippen LogP contribution in [0.1, 0.15) is 35.3 Å². The Morgan fingerprint density at radius 2 is 1.75 bits per heavy atom. The first kappa shape index (κ1) is 17.7. The molecule has 0 atom stereocenters. The van der Waals surface area contributed by atoms with Crippen LogP contribution < -0.4 is 14.8 Å². The van der Waals surface area contributed by atoms with Crippen LogP contribution in [0.5, 0.6) is 11.5 Å². The molecule has 0 aliphatic heterocycles. The monoisotopic (exact) mass is 329 g/mol. The first-order valence-electron chi connectivity index (χ1n) is 8.01. The summed E-state index contributed by atoms with van der Waals surface area (Å²) in [6, 6.07) is 10.9. The molecule has 24 heavy (non-hydrogen) atoms. The fraction of sp³-hybridized carbons (Fsp3) is 0.316. The van der Waals surface area contributed by atoms with Gasteiger partial charge in [-0.2, -0.15) is 0 Å². The first-order valence-corrected chi connectivity index (χ1v) is 8.01. The molecule has 0 bridgehead atoms. The van der Waals surface area contributed by atoms with Crippen molar-refractivity contribution in [3.05, 3.63) is 53.1 Å². The van der Waals surface area contributed by atoms with Gasteiger partial charge in [-0.3, -0.25) is 0 Å². The Morgan fingerprint density at radius 1 is 1.04 bits per heavy atom. The molecule has 0 radical (unpaired) electrons. The van der Waals surface area contributed by atoms with Gasteiger partial charge in [0.1, 0.15) is 0 Å². The molecule has 0 heterocycles. The van der Waals surface area contributed by atoms with Crippen molar-refractivity contribution in [3.63, 3.8) is 0 Å². The summed E-state index contributed by atoms with van der Waals surface area (Å²) in [5.41, 5.74) is 3.15. The van der Waals surface area contributed by atoms with Crippen molar-refractivity contribution in [2.45, 2.75) is 27.3 Å². The maximum Gasteiger partial charge on any atom is 0.335 e. The highest BCUT2D eigenvalue weighted by atomic mass is 16.5. The molecule has 0 saturated carbocycles. The van der Waals surface area contributed by atoms with E-state index in [4.69, 9.17) is 14.6 Å². The molecule has 5 nitrogen and oxygen atoms in total. The lowest BCUT2D eigenvalue weighted by molar-refractivity contribution is 0.0697. The zero-order valence-corrected chi connectivity index (χ0v) is 14.3. The van der Waals surface area contributed by atoms with E-state index in [0.29, 0.717) is 19.8 Å². The van der Waals surface area contributed by atoms with Gasteiger partial charge in [0.2, 0.25) is 0 Å². The van der Waals surface area contributed by atoms with Crippen LogP contribution in [0.25, 0.3) is 0 Å². The minimum Gasteiger partial charge on any atom is -0.490 e. The van der Waals surface area contributed by atoms with Crippen molar-refractivity contribution < 1.29 is 19.4 Å². The average Bonchev–Trinajstić information content (AvgIpc) is 2.56. The molecule has 0 saturated heterocycles. The second-order valence-corrected chi connectivity index (χ2v) is 5.34. The lowest BCUT2D eigenvalue weighted by Crippen LogP contribution is -2.04. The number of hydrogen-bond donors (Lipinski definition) is 2. The SMILES string of the molecule is CCOc1ccc(CNc2ccc(C(=O)O)cc2C)cc1OCC. The van der Waals surface area contributed by atoms with Gasteiger partial charge in [0.05, 0.1) is 18.8 Å². The van der Waals surface area contributed by atoms with E-state index in [9.17, 15) is 4.79 Å². The van der Waals surface area contributed by atoms with E-state index in [0.717, 1.165) is 28.3 Å². The largest absolute Gasteiger partial charge is 0.490 e. The summed E-state index contributed by atoms with van der Waals surface area (Å²) < 4.78 is 11.2. The molecule has 0 fully saturated rings. The molecule has 0 amide bonds. The van der Waals surface area contributed by atoms with E-state index < -0.39 is 5.97 Å². The number of carboxylic acids is 1. The maximum atomic E-state index is 11.0. The molecule has 5 heteroatoms. The van der Waals surface area contributed by atoms with Gasteiger partial charge in [0.15, 0.2) is 11.5 Å². The lowest BCUT2D eigenvalue weighted by atomic mass is 10.1. The van der Waals surface area contributed by atoms with Crippen molar-refractivity contribution in [2.75, 3.05) is 18.5 Å². The zero-order chi connectivity index (χ0) is 17.5. The van der Waals surface area contributed by atoms with Gasteiger partial charge in [-0.25, -0.2) is 4.79 Å². The number of aryl methyl sites for hydroxylation is 1. The van der Waals surface area contributed by atoms with Crippen molar-refractivity contribution in [1.82, 2.24) is 0 Å². The number of aromatic carboxylic acids is 1. The molecule has 2 aromatic rings. The molecular weight excluding hydrogens is 306 g/mol. The normalized spacial score (nSPS) is 10.3. The van der Waals surface area contributed by atoms with Crippen molar-refractivity contribution >= 4 is 11.7 Å². The highest BCUT2D eigenvalue weighted by molar-refractivity contribution is 5.88. The zero-order valence-electron chi connectivity index (χ0n) is 14.3. The molecule has 0 unspecified atom stereocenters. The highest BCUT2D eigenvalue weighted by Crippen LogP contribution is 2.29. The molecule has 0 aliphatic rings. The van der Waals surface area contributed by atoms with Gasteiger partial charge in [-0.15, -0.1) is 0 Å². The number of benzene rings is 2. The number of hydrogen-bond acceptors (Lipinski definition) is 4. The van der Waals surface area contributed by atoms with E-state index in [-0.39, 0.29) is 5.56 Å². The van der Waals surface area contributed by atoms with E-state index in [2.05, 4.69) is 5.32 Å². The second-order valence-electron chi connectivity index (χ2n) is 5.34. The average molecular weight is 329 g/mol. The highest BCUT2D eigenvalue weighted by Gasteiger charge is 2.08. The summed E-state index contributed by atoms with van der Waals surface area (Å²) >= 11 is 0. The van der Waals surface area contributed by atoms with Crippen LogP contribution in [-0.2, 0) is 6.54 Å². The minimum absolute atomic E-state index is 0.290. The Balaban J connectivity index is 2.11. The summed E-state index contributed by atoms with van der Waals surface area (Å²) in [5.74, 6) is 0.555. The number of anilines is 1. The third kappa shape index (κ3) is 4.41. The summed E-state index contributed by atoms with van der Waals surface area (Å²) in [7, 11) is 0. The van der Waals surface area contributed by atoms with E-state index in [1.165, 1.54) is 0 Å². The molecule has 0 spiro atoms. The molecule has 2 rings (SSSR count). The topological polar surface area (TPSA) is 67.8 Å². The fourth-order valence-electron chi connectivity index (χ4n) is 2.40. The number of carboxylic acid groups (broad SMARTS) is 1. The molecule has 2 aromatic carbocycles. The molecular formula is C19H23NO4. The van der Waals surface area contributed by atoms with E-state index >= 15 is 0 Å². The minimum atomic E-state index is -0.919. The Bertz CT molecular complexity index is 713. The molecule has 2 N–H and O–H groups in total. The Kier molecular flexibility index (Phi) is 6.07. The van der Waals surface area contributed by atoms with Crippen LogP contribution >= 0.6 is 0 Å². The summed E-state index contributed by atoms with van der Waals surface area (Å²) in [5, 5.41) is 12.3. The van der Waals surface area contributed by atoms with Crippen LogP contribution in [0, 0.1) is 6.92 Å². The third-order valence-corrected chi connectivity index (χ3v) is 3.56. The van der Waals surface area contributed by atoms with Crippen molar-refractivity contribution in [3.8, 4) is 11.5 Å². The van der Waals surface area contributed by atoms with Crippen molar-refractivity contribution in [2.24, 2.45) is 0 Å². The summed E-state index contributed by atoms with van der Waals surface area (Å²) in [6.45, 7) is 7.54. The van der Waals surface area contributed by atoms with Gasteiger partial charge in [0, 0.05) is 12.2 Å².